The van der Waals surface area contributed by atoms with Crippen molar-refractivity contribution in [2.75, 3.05) is 19.8 Å². The molecule has 6 nitrogen and oxygen atoms in total. The fourth-order valence-corrected chi connectivity index (χ4v) is 3.47. The first kappa shape index (κ1) is 19.3. The summed E-state index contributed by atoms with van der Waals surface area (Å²) in [5.41, 5.74) is 2.19. The van der Waals surface area contributed by atoms with E-state index in [0.717, 1.165) is 22.4 Å². The molecular formula is C21H19ClFN3O3. The molecule has 8 heteroatoms. The van der Waals surface area contributed by atoms with Crippen LogP contribution in [0.2, 0.25) is 5.02 Å². The Labute approximate surface area is 171 Å². The van der Waals surface area contributed by atoms with Gasteiger partial charge in [0.05, 0.1) is 16.1 Å². The molecule has 1 amide bonds. The minimum absolute atomic E-state index is 0.235. The van der Waals surface area contributed by atoms with Crippen LogP contribution in [-0.4, -0.2) is 35.2 Å². The molecule has 2 heterocycles. The van der Waals surface area contributed by atoms with E-state index in [9.17, 15) is 9.18 Å². The van der Waals surface area contributed by atoms with Gasteiger partial charge >= 0.3 is 0 Å². The molecular weight excluding hydrogens is 397 g/mol. The normalized spacial score (nSPS) is 13.2. The summed E-state index contributed by atoms with van der Waals surface area (Å²) in [6.45, 7) is 1.33. The fraction of sp³-hybridized carbons (Fsp3) is 0.238. The number of ether oxygens (including phenoxy) is 2. The number of carbonyl (C=O) groups is 1. The maximum absolute atomic E-state index is 13.4. The molecule has 0 radical (unpaired) electrons. The molecule has 1 aromatic heterocycles. The number of amides is 1. The van der Waals surface area contributed by atoms with Crippen molar-refractivity contribution >= 4 is 34.6 Å². The minimum Gasteiger partial charge on any atom is -0.486 e. The smallest absolute Gasteiger partial charge is 0.244 e. The van der Waals surface area contributed by atoms with Gasteiger partial charge in [0.25, 0.3) is 0 Å². The van der Waals surface area contributed by atoms with Crippen LogP contribution in [0.15, 0.2) is 36.4 Å². The van der Waals surface area contributed by atoms with Crippen molar-refractivity contribution < 1.29 is 18.7 Å². The number of rotatable bonds is 5. The van der Waals surface area contributed by atoms with E-state index in [0.29, 0.717) is 42.7 Å². The maximum Gasteiger partial charge on any atom is 0.244 e. The first-order valence-electron chi connectivity index (χ1n) is 9.17. The highest BCUT2D eigenvalue weighted by Gasteiger charge is 2.16. The minimum atomic E-state index is -0.301. The van der Waals surface area contributed by atoms with E-state index in [4.69, 9.17) is 21.1 Å². The van der Waals surface area contributed by atoms with Crippen molar-refractivity contribution in [3.63, 3.8) is 0 Å². The van der Waals surface area contributed by atoms with Crippen LogP contribution in [0.1, 0.15) is 11.4 Å². The number of carbonyl (C=O) groups excluding carboxylic acids is 1. The van der Waals surface area contributed by atoms with Gasteiger partial charge in [0.2, 0.25) is 5.91 Å². The van der Waals surface area contributed by atoms with Crippen molar-refractivity contribution in [2.24, 2.45) is 7.05 Å². The molecule has 1 aliphatic heterocycles. The van der Waals surface area contributed by atoms with Crippen LogP contribution >= 0.6 is 11.6 Å². The molecule has 1 aliphatic rings. The summed E-state index contributed by atoms with van der Waals surface area (Å²) in [5, 5.41) is 3.26. The number of benzene rings is 2. The Kier molecular flexibility index (Phi) is 5.40. The monoisotopic (exact) mass is 415 g/mol. The van der Waals surface area contributed by atoms with Crippen LogP contribution in [0, 0.1) is 5.82 Å². The highest BCUT2D eigenvalue weighted by Crippen LogP contribution is 2.38. The number of halogens is 2. The van der Waals surface area contributed by atoms with Crippen LogP contribution in [0.4, 0.5) is 4.39 Å². The Hall–Kier alpha value is -3.06. The van der Waals surface area contributed by atoms with Gasteiger partial charge in [0.15, 0.2) is 11.5 Å². The number of fused-ring (bicyclic) bond motifs is 2. The van der Waals surface area contributed by atoms with E-state index >= 15 is 0 Å². The Morgan fingerprint density at radius 2 is 2.14 bits per heavy atom. The molecule has 0 saturated carbocycles. The highest BCUT2D eigenvalue weighted by atomic mass is 35.5. The molecule has 0 atom stereocenters. The number of imidazole rings is 1. The van der Waals surface area contributed by atoms with Crippen molar-refractivity contribution in [3.05, 3.63) is 58.6 Å². The summed E-state index contributed by atoms with van der Waals surface area (Å²) < 4.78 is 26.2. The lowest BCUT2D eigenvalue weighted by atomic mass is 10.1. The third kappa shape index (κ3) is 4.19. The zero-order valence-corrected chi connectivity index (χ0v) is 16.5. The molecule has 0 fully saturated rings. The zero-order valence-electron chi connectivity index (χ0n) is 15.7. The van der Waals surface area contributed by atoms with E-state index < -0.39 is 0 Å². The van der Waals surface area contributed by atoms with Gasteiger partial charge in [-0.2, -0.15) is 0 Å². The highest BCUT2D eigenvalue weighted by molar-refractivity contribution is 6.32. The zero-order chi connectivity index (χ0) is 20.4. The lowest BCUT2D eigenvalue weighted by Crippen LogP contribution is -2.24. The number of aromatic nitrogens is 2. The van der Waals surface area contributed by atoms with Crippen molar-refractivity contribution in [1.29, 1.82) is 0 Å². The van der Waals surface area contributed by atoms with E-state index in [-0.39, 0.29) is 11.7 Å². The number of hydrogen-bond donors (Lipinski definition) is 1. The second-order valence-corrected chi connectivity index (χ2v) is 7.03. The van der Waals surface area contributed by atoms with Gasteiger partial charge < -0.3 is 19.4 Å². The molecule has 4 rings (SSSR count). The van der Waals surface area contributed by atoms with Crippen LogP contribution < -0.4 is 14.8 Å². The molecule has 0 bridgehead atoms. The summed E-state index contributed by atoms with van der Waals surface area (Å²) in [6, 6.07) is 7.98. The largest absolute Gasteiger partial charge is 0.486 e. The molecule has 0 unspecified atom stereocenters. The van der Waals surface area contributed by atoms with Gasteiger partial charge in [-0.05, 0) is 42.0 Å². The van der Waals surface area contributed by atoms with Crippen LogP contribution in [0.25, 0.3) is 17.1 Å². The predicted octanol–water partition coefficient (Wildman–Crippen LogP) is 3.51. The average Bonchev–Trinajstić information content (AvgIpc) is 3.02. The average molecular weight is 416 g/mol. The Balaban J connectivity index is 1.36. The number of nitrogens with one attached hydrogen (secondary N) is 1. The Morgan fingerprint density at radius 1 is 1.31 bits per heavy atom. The third-order valence-electron chi connectivity index (χ3n) is 4.63. The van der Waals surface area contributed by atoms with E-state index in [1.165, 1.54) is 18.2 Å². The van der Waals surface area contributed by atoms with Gasteiger partial charge in [-0.25, -0.2) is 9.37 Å². The van der Waals surface area contributed by atoms with E-state index in [1.807, 2.05) is 11.6 Å². The van der Waals surface area contributed by atoms with Crippen LogP contribution in [-0.2, 0) is 18.3 Å². The van der Waals surface area contributed by atoms with Gasteiger partial charge in [-0.1, -0.05) is 11.6 Å². The second-order valence-electron chi connectivity index (χ2n) is 6.62. The van der Waals surface area contributed by atoms with Gasteiger partial charge in [0, 0.05) is 26.1 Å². The topological polar surface area (TPSA) is 65.4 Å². The first-order valence-corrected chi connectivity index (χ1v) is 9.55. The van der Waals surface area contributed by atoms with E-state index in [1.54, 1.807) is 24.3 Å². The lowest BCUT2D eigenvalue weighted by molar-refractivity contribution is -0.116. The second kappa shape index (κ2) is 8.13. The van der Waals surface area contributed by atoms with Crippen molar-refractivity contribution in [3.8, 4) is 11.5 Å². The van der Waals surface area contributed by atoms with Gasteiger partial charge in [-0.3, -0.25) is 4.79 Å². The van der Waals surface area contributed by atoms with Gasteiger partial charge in [0.1, 0.15) is 24.9 Å². The molecule has 0 spiro atoms. The first-order chi connectivity index (χ1) is 14.0. The Morgan fingerprint density at radius 3 is 3.00 bits per heavy atom. The molecule has 29 heavy (non-hydrogen) atoms. The van der Waals surface area contributed by atoms with Crippen molar-refractivity contribution in [1.82, 2.24) is 14.9 Å². The number of hydrogen-bond acceptors (Lipinski definition) is 4. The predicted molar refractivity (Wildman–Crippen MR) is 109 cm³/mol. The maximum atomic E-state index is 13.4. The lowest BCUT2D eigenvalue weighted by Gasteiger charge is -2.19. The molecule has 0 aliphatic carbocycles. The van der Waals surface area contributed by atoms with Crippen molar-refractivity contribution in [2.45, 2.75) is 6.42 Å². The summed E-state index contributed by atoms with van der Waals surface area (Å²) in [5.74, 6) is 1.34. The molecule has 2 aromatic carbocycles. The van der Waals surface area contributed by atoms with Gasteiger partial charge in [-0.15, -0.1) is 0 Å². The molecule has 0 saturated heterocycles. The molecule has 150 valence electrons. The van der Waals surface area contributed by atoms with Crippen LogP contribution in [0.5, 0.6) is 11.5 Å². The third-order valence-corrected chi connectivity index (χ3v) is 4.91. The Bertz CT molecular complexity index is 1110. The quantitative estimate of drug-likeness (QED) is 0.648. The fourth-order valence-electron chi connectivity index (χ4n) is 3.19. The number of aryl methyl sites for hydroxylation is 1. The van der Waals surface area contributed by atoms with E-state index in [2.05, 4.69) is 10.3 Å². The summed E-state index contributed by atoms with van der Waals surface area (Å²) >= 11 is 6.20. The SMILES string of the molecule is Cn1c(CCNC(=O)C=Cc2cc(Cl)c3c(c2)OCCO3)nc2ccc(F)cc21. The summed E-state index contributed by atoms with van der Waals surface area (Å²) in [4.78, 5) is 16.6. The summed E-state index contributed by atoms with van der Waals surface area (Å²) in [6.07, 6.45) is 3.63. The summed E-state index contributed by atoms with van der Waals surface area (Å²) in [7, 11) is 1.83. The molecule has 1 N–H and O–H groups in total. The number of nitrogens with zero attached hydrogens (tertiary/aromatic N) is 2. The standard InChI is InChI=1S/C21H19ClFN3O3/c1-26-17-12-14(23)3-4-16(17)25-19(26)6-7-24-20(27)5-2-13-10-15(22)21-18(11-13)28-8-9-29-21/h2-5,10-12H,6-9H2,1H3,(H,24,27). The molecule has 3 aromatic rings. The van der Waals surface area contributed by atoms with Crippen LogP contribution in [0.3, 0.4) is 0 Å².